The van der Waals surface area contributed by atoms with Crippen molar-refractivity contribution in [1.82, 2.24) is 44.9 Å². The lowest BCUT2D eigenvalue weighted by Gasteiger charge is -2.23. The van der Waals surface area contributed by atoms with Crippen LogP contribution in [0.4, 0.5) is 65.7 Å². The lowest BCUT2D eigenvalue weighted by Crippen LogP contribution is -2.17. The number of anilines is 10. The molecule has 0 atom stereocenters. The summed E-state index contributed by atoms with van der Waals surface area (Å²) in [5.41, 5.74) is 20.3. The van der Waals surface area contributed by atoms with Gasteiger partial charge < -0.3 is 24.5 Å². The van der Waals surface area contributed by atoms with E-state index in [2.05, 4.69) is 50.8 Å². The van der Waals surface area contributed by atoms with Gasteiger partial charge in [0.15, 0.2) is 28.9 Å². The van der Waals surface area contributed by atoms with E-state index in [1.165, 1.54) is 43.5 Å². The van der Waals surface area contributed by atoms with Crippen LogP contribution in [0.15, 0.2) is 318 Å². The maximum atomic E-state index is 14.3. The van der Waals surface area contributed by atoms with Gasteiger partial charge in [-0.2, -0.15) is 0 Å². The van der Waals surface area contributed by atoms with Crippen LogP contribution in [0, 0.1) is 51.7 Å². The van der Waals surface area contributed by atoms with Gasteiger partial charge in [-0.15, -0.1) is 6.42 Å². The zero-order chi connectivity index (χ0) is 89.6. The number of aryl methyl sites for hydroxylation is 4. The Labute approximate surface area is 743 Å². The summed E-state index contributed by atoms with van der Waals surface area (Å²) in [5.74, 6) is 2.04. The standard InChI is InChI=1S/C22H21FN2O.C21H16ClN3O.C20H18ClN3O.C20H18FN3O.C20H19N3O/c1-3-25(20-8-5-9-24-15-20)21-12-17(11-19(23)14-21)13-22(26)18-7-4-6-16(2)10-18;1-3-15-5-4-6-17(9-15)21(26)11-16-7-8-19(22)20(10-16)25(2)18-12-23-14-24-13-18;2*1-14-4-3-5-16(8-14)20(25)10-15-6-7-18(21)19(9-15)24(2)17-11-22-13-23-12-17;1-15-5-3-7-17(9-15)20(24)11-16-6-4-8-18(10-16)23(2)19-12-21-14-22-13-19/h4-12,14-15H,3,13H2,1-2H3;1,4-10,12-14H,11H2,2H3;2*3-9,11-13H,10H2,1-2H3;3-10,12-14H,11H2,1-2H3. The van der Waals surface area contributed by atoms with Gasteiger partial charge in [0.1, 0.15) is 36.9 Å². The molecule has 0 saturated carbocycles. The predicted molar refractivity (Wildman–Crippen MR) is 499 cm³/mol. The Morgan fingerprint density at radius 1 is 0.325 bits per heavy atom. The molecular weight excluding hydrogens is 1620 g/mol. The molecule has 5 heterocycles. The summed E-state index contributed by atoms with van der Waals surface area (Å²) in [7, 11) is 7.47. The van der Waals surface area contributed by atoms with E-state index in [-0.39, 0.29) is 59.8 Å². The molecule has 5 aromatic heterocycles. The smallest absolute Gasteiger partial charge is 0.167 e. The summed E-state index contributed by atoms with van der Waals surface area (Å²) in [6, 6.07) is 69.8. The van der Waals surface area contributed by atoms with Crippen LogP contribution in [0.3, 0.4) is 0 Å². The van der Waals surface area contributed by atoms with Crippen molar-refractivity contribution in [3.05, 3.63) is 423 Å². The van der Waals surface area contributed by atoms with Crippen molar-refractivity contribution in [1.29, 1.82) is 0 Å². The third kappa shape index (κ3) is 26.3. The van der Waals surface area contributed by atoms with Crippen LogP contribution in [-0.4, -0.2) is 109 Å². The Kier molecular flexibility index (Phi) is 32.9. The summed E-state index contributed by atoms with van der Waals surface area (Å²) in [4.78, 5) is 108. The van der Waals surface area contributed by atoms with Gasteiger partial charge in [-0.25, -0.2) is 48.7 Å². The van der Waals surface area contributed by atoms with Crippen LogP contribution in [0.2, 0.25) is 10.0 Å². The van der Waals surface area contributed by atoms with E-state index in [1.807, 2.05) is 233 Å². The fourth-order valence-electron chi connectivity index (χ4n) is 13.5. The van der Waals surface area contributed by atoms with Crippen LogP contribution in [0.5, 0.6) is 0 Å². The van der Waals surface area contributed by atoms with E-state index in [0.717, 1.165) is 95.4 Å². The third-order valence-electron chi connectivity index (χ3n) is 20.2. The zero-order valence-corrected chi connectivity index (χ0v) is 72.7. The fourth-order valence-corrected chi connectivity index (χ4v) is 14.0. The second-order valence-corrected chi connectivity index (χ2v) is 30.4. The average Bonchev–Trinajstić information content (AvgIpc) is 0.836. The van der Waals surface area contributed by atoms with E-state index in [1.54, 1.807) is 129 Å². The molecule has 15 aromatic rings. The number of terminal acetylenes is 1. The Hall–Kier alpha value is -15.0. The third-order valence-corrected chi connectivity index (χ3v) is 20.9. The highest BCUT2D eigenvalue weighted by molar-refractivity contribution is 6.34. The molecule has 0 radical (unpaired) electrons. The number of aromatic nitrogens is 9. The molecule has 0 amide bonds. The minimum atomic E-state index is -0.363. The molecule has 0 N–H and O–H groups in total. The molecule has 19 nitrogen and oxygen atoms in total. The van der Waals surface area contributed by atoms with Crippen molar-refractivity contribution in [3.63, 3.8) is 0 Å². The Balaban J connectivity index is 0.000000153. The normalized spacial score (nSPS) is 10.4. The first-order valence-corrected chi connectivity index (χ1v) is 41.0. The number of Topliss-reactive ketones (excluding diaryl/α,β-unsaturated/α-hetero) is 5. The highest BCUT2D eigenvalue weighted by Gasteiger charge is 2.20. The van der Waals surface area contributed by atoms with Gasteiger partial charge in [-0.05, 0) is 178 Å². The van der Waals surface area contributed by atoms with Crippen molar-refractivity contribution < 1.29 is 32.8 Å². The predicted octanol–water partition coefficient (Wildman–Crippen LogP) is 22.1. The topological polar surface area (TPSA) is 218 Å². The lowest BCUT2D eigenvalue weighted by molar-refractivity contribution is 0.0984. The van der Waals surface area contributed by atoms with E-state index >= 15 is 0 Å². The minimum absolute atomic E-state index is 0.000991. The van der Waals surface area contributed by atoms with E-state index < -0.39 is 0 Å². The molecule has 126 heavy (non-hydrogen) atoms. The first kappa shape index (κ1) is 91.8. The first-order valence-electron chi connectivity index (χ1n) is 40.2. The van der Waals surface area contributed by atoms with Gasteiger partial charge in [0.25, 0.3) is 0 Å². The van der Waals surface area contributed by atoms with Gasteiger partial charge in [-0.1, -0.05) is 167 Å². The van der Waals surface area contributed by atoms with E-state index in [4.69, 9.17) is 29.6 Å². The number of hydrogen-bond acceptors (Lipinski definition) is 19. The van der Waals surface area contributed by atoms with Crippen LogP contribution < -0.4 is 24.5 Å². The maximum Gasteiger partial charge on any atom is 0.167 e. The summed E-state index contributed by atoms with van der Waals surface area (Å²) in [5, 5.41) is 1.19. The van der Waals surface area contributed by atoms with Gasteiger partial charge in [0.05, 0.1) is 111 Å². The van der Waals surface area contributed by atoms with Crippen LogP contribution >= 0.6 is 23.2 Å². The number of ketones is 5. The van der Waals surface area contributed by atoms with Crippen molar-refractivity contribution in [2.24, 2.45) is 0 Å². The molecule has 0 aliphatic rings. The van der Waals surface area contributed by atoms with Crippen LogP contribution in [-0.2, 0) is 32.1 Å². The lowest BCUT2D eigenvalue weighted by atomic mass is 10.0. The molecule has 23 heteroatoms. The summed E-state index contributed by atoms with van der Waals surface area (Å²) in [6.45, 7) is 10.5. The number of halogens is 4. The molecule has 0 spiro atoms. The number of nitrogens with zero attached hydrogens (tertiary/aromatic N) is 14. The molecular formula is C103H92Cl2F2N14O5. The summed E-state index contributed by atoms with van der Waals surface area (Å²) in [6.07, 6.45) is 29.7. The number of rotatable bonds is 26. The number of hydrogen-bond donors (Lipinski definition) is 0. The fraction of sp³-hybridized carbons (Fsp3) is 0.146. The first-order chi connectivity index (χ1) is 60.9. The van der Waals surface area contributed by atoms with Gasteiger partial charge >= 0.3 is 0 Å². The molecule has 15 rings (SSSR count). The Morgan fingerprint density at radius 2 is 0.659 bits per heavy atom. The Morgan fingerprint density at radius 3 is 1.05 bits per heavy atom. The minimum Gasteiger partial charge on any atom is -0.342 e. The largest absolute Gasteiger partial charge is 0.342 e. The second-order valence-electron chi connectivity index (χ2n) is 29.6. The molecule has 0 aliphatic carbocycles. The summed E-state index contributed by atoms with van der Waals surface area (Å²) >= 11 is 12.7. The molecule has 632 valence electrons. The van der Waals surface area contributed by atoms with Crippen molar-refractivity contribution in [3.8, 4) is 12.3 Å². The van der Waals surface area contributed by atoms with Crippen LogP contribution in [0.25, 0.3) is 0 Å². The van der Waals surface area contributed by atoms with Crippen LogP contribution in [0.1, 0.15) is 114 Å². The number of benzene rings is 10. The average molecular weight is 1710 g/mol. The zero-order valence-electron chi connectivity index (χ0n) is 71.2. The SMILES string of the molecule is C#Cc1cccc(C(=O)Cc2ccc(Cl)c(N(C)c3cncnc3)c2)c1.CCN(c1cccnc1)c1cc(F)cc(CC(=O)c2cccc(C)c2)c1.Cc1cccc(C(=O)Cc2ccc(Cl)c(N(C)c3cncnc3)c2)c1.Cc1cccc(C(=O)Cc2ccc(F)c(N(C)c3cncnc3)c2)c1.Cc1cccc(C(=O)Cc2cccc(N(C)c3cncnc3)c2)c1. The monoisotopic (exact) mass is 1710 g/mol. The van der Waals surface area contributed by atoms with E-state index in [0.29, 0.717) is 74.3 Å². The van der Waals surface area contributed by atoms with E-state index in [9.17, 15) is 32.8 Å². The molecule has 0 fully saturated rings. The highest BCUT2D eigenvalue weighted by Crippen LogP contribution is 2.35. The molecule has 0 unspecified atom stereocenters. The van der Waals surface area contributed by atoms with Crippen molar-refractivity contribution >= 4 is 109 Å². The second kappa shape index (κ2) is 45.2. The molecule has 0 saturated heterocycles. The quantitative estimate of drug-likeness (QED) is 0.0363. The summed E-state index contributed by atoms with van der Waals surface area (Å²) < 4.78 is 28.5. The van der Waals surface area contributed by atoms with Gasteiger partial charge in [-0.3, -0.25) is 29.0 Å². The molecule has 0 bridgehead atoms. The molecule has 0 aliphatic heterocycles. The molecule has 10 aromatic carbocycles. The number of carbonyl (C=O) groups excluding carboxylic acids is 5. The van der Waals surface area contributed by atoms with Gasteiger partial charge in [0.2, 0.25) is 0 Å². The van der Waals surface area contributed by atoms with Crippen molar-refractivity contribution in [2.75, 3.05) is 59.2 Å². The number of pyridine rings is 1. The maximum absolute atomic E-state index is 14.3. The van der Waals surface area contributed by atoms with Crippen molar-refractivity contribution in [2.45, 2.75) is 66.7 Å². The van der Waals surface area contributed by atoms with Gasteiger partial charge in [0, 0.05) is 118 Å². The number of carbonyl (C=O) groups is 5. The highest BCUT2D eigenvalue weighted by atomic mass is 35.5. The Bertz CT molecular complexity index is 6150.